The molecule has 4 aromatic rings. The maximum absolute atomic E-state index is 12.4. The van der Waals surface area contributed by atoms with Crippen LogP contribution in [-0.4, -0.2) is 24.1 Å². The van der Waals surface area contributed by atoms with Crippen LogP contribution in [0.3, 0.4) is 0 Å². The lowest BCUT2D eigenvalue weighted by molar-refractivity contribution is 0.0697. The van der Waals surface area contributed by atoms with E-state index in [4.69, 9.17) is 9.84 Å². The van der Waals surface area contributed by atoms with Crippen LogP contribution in [0.4, 0.5) is 0 Å². The fourth-order valence-corrected chi connectivity index (χ4v) is 4.31. The molecule has 0 aliphatic carbocycles. The average molecular weight is 550 g/mol. The molecule has 4 rings (SSSR count). The number of carbonyl (C=O) groups excluding carboxylic acids is 1. The second-order valence-electron chi connectivity index (χ2n) is 10.1. The lowest BCUT2D eigenvalue weighted by Crippen LogP contribution is -2.22. The van der Waals surface area contributed by atoms with Crippen LogP contribution in [0.25, 0.3) is 16.7 Å². The summed E-state index contributed by atoms with van der Waals surface area (Å²) in [5.74, 6) is -0.140. The highest BCUT2D eigenvalue weighted by Crippen LogP contribution is 2.25. The molecule has 212 valence electrons. The van der Waals surface area contributed by atoms with Crippen molar-refractivity contribution in [1.29, 1.82) is 0 Å². The first-order valence-corrected chi connectivity index (χ1v) is 13.7. The molecular weight excluding hydrogens is 510 g/mol. The van der Waals surface area contributed by atoms with Gasteiger partial charge in [-0.05, 0) is 103 Å². The number of carbonyl (C=O) groups is 2. The third-order valence-corrected chi connectivity index (χ3v) is 7.10. The number of hydrogen-bond donors (Lipinski definition) is 2. The number of methoxy groups -OCH3 is 1. The van der Waals surface area contributed by atoms with E-state index >= 15 is 0 Å². The molecule has 5 nitrogen and oxygen atoms in total. The summed E-state index contributed by atoms with van der Waals surface area (Å²) in [5, 5.41) is 12.1. The summed E-state index contributed by atoms with van der Waals surface area (Å²) in [7, 11) is 1.64. The summed E-state index contributed by atoms with van der Waals surface area (Å²) in [6.07, 6.45) is 0.987. The normalized spacial score (nSPS) is 10.2. The number of nitrogens with one attached hydrogen (secondary N) is 1. The van der Waals surface area contributed by atoms with Gasteiger partial charge in [0.25, 0.3) is 5.91 Å². The number of aryl methyl sites for hydroxylation is 2. The zero-order valence-corrected chi connectivity index (χ0v) is 24.7. The van der Waals surface area contributed by atoms with Gasteiger partial charge in [0.1, 0.15) is 5.75 Å². The van der Waals surface area contributed by atoms with E-state index < -0.39 is 5.97 Å². The fraction of sp³-hybridized carbons (Fsp3) is 0.222. The molecule has 41 heavy (non-hydrogen) atoms. The van der Waals surface area contributed by atoms with Crippen molar-refractivity contribution in [2.24, 2.45) is 0 Å². The van der Waals surface area contributed by atoms with Crippen molar-refractivity contribution >= 4 is 17.4 Å². The number of carboxylic acids is 1. The zero-order chi connectivity index (χ0) is 29.9. The van der Waals surface area contributed by atoms with Gasteiger partial charge in [0.2, 0.25) is 0 Å². The Balaban J connectivity index is 0.000000239. The van der Waals surface area contributed by atoms with Crippen LogP contribution in [0.5, 0.6) is 5.75 Å². The minimum atomic E-state index is -0.889. The number of hydrogen-bond acceptors (Lipinski definition) is 3. The van der Waals surface area contributed by atoms with E-state index in [1.807, 2.05) is 78.9 Å². The number of amides is 1. The summed E-state index contributed by atoms with van der Waals surface area (Å²) in [5.41, 5.74) is 9.82. The van der Waals surface area contributed by atoms with Gasteiger partial charge in [-0.3, -0.25) is 4.79 Å². The number of aromatic carboxylic acids is 1. The predicted molar refractivity (Wildman–Crippen MR) is 168 cm³/mol. The molecule has 0 radical (unpaired) electrons. The second kappa shape index (κ2) is 14.7. The van der Waals surface area contributed by atoms with E-state index in [1.165, 1.54) is 22.3 Å². The van der Waals surface area contributed by atoms with Crippen molar-refractivity contribution in [3.05, 3.63) is 130 Å². The van der Waals surface area contributed by atoms with Crippen LogP contribution in [0.2, 0.25) is 0 Å². The Morgan fingerprint density at radius 3 is 2.02 bits per heavy atom. The molecule has 0 bridgehead atoms. The van der Waals surface area contributed by atoms with E-state index in [2.05, 4.69) is 39.9 Å². The molecule has 5 heteroatoms. The molecule has 0 unspecified atom stereocenters. The topological polar surface area (TPSA) is 75.6 Å². The van der Waals surface area contributed by atoms with Gasteiger partial charge in [0.15, 0.2) is 0 Å². The Labute approximate surface area is 243 Å². The highest BCUT2D eigenvalue weighted by molar-refractivity contribution is 5.96. The van der Waals surface area contributed by atoms with Crippen LogP contribution in [-0.2, 0) is 13.0 Å². The zero-order valence-electron chi connectivity index (χ0n) is 24.7. The van der Waals surface area contributed by atoms with Crippen LogP contribution in [0, 0.1) is 6.92 Å². The molecular formula is C36H39NO4. The second-order valence-corrected chi connectivity index (χ2v) is 10.1. The Bertz CT molecular complexity index is 1510. The van der Waals surface area contributed by atoms with Crippen LogP contribution < -0.4 is 10.1 Å². The van der Waals surface area contributed by atoms with Crippen molar-refractivity contribution in [2.45, 2.75) is 47.6 Å². The molecule has 2 N–H and O–H groups in total. The van der Waals surface area contributed by atoms with Crippen molar-refractivity contribution < 1.29 is 19.4 Å². The van der Waals surface area contributed by atoms with Crippen molar-refractivity contribution in [3.63, 3.8) is 0 Å². The smallest absolute Gasteiger partial charge is 0.336 e. The largest absolute Gasteiger partial charge is 0.497 e. The van der Waals surface area contributed by atoms with Gasteiger partial charge in [-0.2, -0.15) is 0 Å². The van der Waals surface area contributed by atoms with Crippen molar-refractivity contribution in [3.8, 4) is 16.9 Å². The van der Waals surface area contributed by atoms with Crippen molar-refractivity contribution in [1.82, 2.24) is 5.32 Å². The molecule has 0 atom stereocenters. The monoisotopic (exact) mass is 549 g/mol. The standard InChI is InChI=1S/C21H25NO2.C15H14O2/c1-14(2)16(4)20-12-18(9-6-15(20)3)21(23)22-13-17-7-10-19(24-5)11-8-17;1-2-11-7-9-12(10-8-11)13-5-3-4-6-14(13)15(16)17/h6-12H,13H2,1-5H3,(H,22,23);3-10H,2H2,1H3,(H,16,17). The number of carboxylic acid groups (broad SMARTS) is 1. The highest BCUT2D eigenvalue weighted by Gasteiger charge is 2.11. The highest BCUT2D eigenvalue weighted by atomic mass is 16.5. The Morgan fingerprint density at radius 1 is 0.805 bits per heavy atom. The quantitative estimate of drug-likeness (QED) is 0.232. The average Bonchev–Trinajstić information content (AvgIpc) is 3.00. The van der Waals surface area contributed by atoms with Crippen molar-refractivity contribution in [2.75, 3.05) is 7.11 Å². The molecule has 1 amide bonds. The Kier molecular flexibility index (Phi) is 11.0. The Hall–Kier alpha value is -4.64. The predicted octanol–water partition coefficient (Wildman–Crippen LogP) is 8.36. The summed E-state index contributed by atoms with van der Waals surface area (Å²) in [4.78, 5) is 23.6. The van der Waals surface area contributed by atoms with Gasteiger partial charge in [0, 0.05) is 12.1 Å². The Morgan fingerprint density at radius 2 is 1.44 bits per heavy atom. The third kappa shape index (κ3) is 8.42. The minimum absolute atomic E-state index is 0.0615. The van der Waals surface area contributed by atoms with Gasteiger partial charge in [-0.15, -0.1) is 0 Å². The van der Waals surface area contributed by atoms with Gasteiger partial charge in [0.05, 0.1) is 12.7 Å². The first kappa shape index (κ1) is 30.9. The van der Waals surface area contributed by atoms with Gasteiger partial charge in [-0.1, -0.05) is 73.2 Å². The lowest BCUT2D eigenvalue weighted by Gasteiger charge is -2.12. The van der Waals surface area contributed by atoms with E-state index in [-0.39, 0.29) is 5.91 Å². The SMILES string of the molecule is CCc1ccc(-c2ccccc2C(=O)O)cc1.COc1ccc(CNC(=O)c2ccc(C)c(C(C)=C(C)C)c2)cc1. The first-order chi connectivity index (χ1) is 19.6. The fourth-order valence-electron chi connectivity index (χ4n) is 4.31. The summed E-state index contributed by atoms with van der Waals surface area (Å²) < 4.78 is 5.14. The maximum atomic E-state index is 12.4. The van der Waals surface area contributed by atoms with E-state index in [0.717, 1.165) is 34.4 Å². The molecule has 0 saturated carbocycles. The minimum Gasteiger partial charge on any atom is -0.497 e. The summed E-state index contributed by atoms with van der Waals surface area (Å²) in [6.45, 7) is 10.9. The summed E-state index contributed by atoms with van der Waals surface area (Å²) in [6, 6.07) is 28.6. The van der Waals surface area contributed by atoms with Crippen LogP contribution in [0.15, 0.2) is 96.6 Å². The van der Waals surface area contributed by atoms with E-state index in [0.29, 0.717) is 17.7 Å². The molecule has 0 aliphatic rings. The molecule has 0 saturated heterocycles. The van der Waals surface area contributed by atoms with E-state index in [1.54, 1.807) is 19.2 Å². The molecule has 0 spiro atoms. The van der Waals surface area contributed by atoms with Gasteiger partial charge < -0.3 is 15.2 Å². The number of allylic oxidation sites excluding steroid dienone is 2. The third-order valence-electron chi connectivity index (χ3n) is 7.10. The number of rotatable bonds is 8. The molecule has 0 fully saturated rings. The summed E-state index contributed by atoms with van der Waals surface area (Å²) >= 11 is 0. The molecule has 0 aliphatic heterocycles. The molecule has 4 aromatic carbocycles. The number of benzene rings is 4. The molecule has 0 aromatic heterocycles. The van der Waals surface area contributed by atoms with Crippen LogP contribution >= 0.6 is 0 Å². The molecule has 0 heterocycles. The van der Waals surface area contributed by atoms with E-state index in [9.17, 15) is 9.59 Å². The lowest BCUT2D eigenvalue weighted by atomic mass is 9.96. The van der Waals surface area contributed by atoms with Crippen LogP contribution in [0.1, 0.15) is 70.7 Å². The number of ether oxygens (including phenoxy) is 1. The maximum Gasteiger partial charge on any atom is 0.336 e. The van der Waals surface area contributed by atoms with Gasteiger partial charge >= 0.3 is 5.97 Å². The van der Waals surface area contributed by atoms with Gasteiger partial charge in [-0.25, -0.2) is 4.79 Å². The first-order valence-electron chi connectivity index (χ1n) is 13.7.